The molecule has 25 heavy (non-hydrogen) atoms. The molecule has 0 aromatic heterocycles. The zero-order chi connectivity index (χ0) is 18.1. The molecule has 0 radical (unpaired) electrons. The SMILES string of the molecule is COc1cccc(C(=O)NCCCCCN(C)C2CCN(C)CC2)c1. The Labute approximate surface area is 152 Å². The highest BCUT2D eigenvalue weighted by molar-refractivity contribution is 5.94. The third-order valence-corrected chi connectivity index (χ3v) is 5.12. The van der Waals surface area contributed by atoms with E-state index in [4.69, 9.17) is 4.74 Å². The lowest BCUT2D eigenvalue weighted by Gasteiger charge is -2.35. The monoisotopic (exact) mass is 347 g/mol. The van der Waals surface area contributed by atoms with Crippen molar-refractivity contribution in [1.29, 1.82) is 0 Å². The second-order valence-corrected chi connectivity index (χ2v) is 7.06. The van der Waals surface area contributed by atoms with Crippen LogP contribution >= 0.6 is 0 Å². The third kappa shape index (κ3) is 6.67. The molecule has 0 atom stereocenters. The highest BCUT2D eigenvalue weighted by Gasteiger charge is 2.19. The van der Waals surface area contributed by atoms with Crippen molar-refractivity contribution >= 4 is 5.91 Å². The number of unbranched alkanes of at least 4 members (excludes halogenated alkanes) is 2. The van der Waals surface area contributed by atoms with Crippen LogP contribution in [0, 0.1) is 0 Å². The van der Waals surface area contributed by atoms with Gasteiger partial charge in [0, 0.05) is 18.2 Å². The molecule has 1 fully saturated rings. The maximum atomic E-state index is 12.1. The lowest BCUT2D eigenvalue weighted by Crippen LogP contribution is -2.42. The van der Waals surface area contributed by atoms with E-state index < -0.39 is 0 Å². The Bertz CT molecular complexity index is 527. The van der Waals surface area contributed by atoms with Crippen molar-refractivity contribution in [2.24, 2.45) is 0 Å². The molecule has 5 heteroatoms. The summed E-state index contributed by atoms with van der Waals surface area (Å²) in [5.74, 6) is 0.687. The summed E-state index contributed by atoms with van der Waals surface area (Å²) in [5, 5.41) is 2.99. The summed E-state index contributed by atoms with van der Waals surface area (Å²) in [5.41, 5.74) is 0.654. The number of ether oxygens (including phenoxy) is 1. The number of amides is 1. The molecule has 1 aromatic carbocycles. The number of carbonyl (C=O) groups is 1. The largest absolute Gasteiger partial charge is 0.497 e. The number of likely N-dealkylation sites (tertiary alicyclic amines) is 1. The fourth-order valence-electron chi connectivity index (χ4n) is 3.35. The molecule has 2 rings (SSSR count). The van der Waals surface area contributed by atoms with Gasteiger partial charge in [-0.25, -0.2) is 0 Å². The van der Waals surface area contributed by atoms with Crippen LogP contribution in [0.25, 0.3) is 0 Å². The molecule has 1 aliphatic heterocycles. The maximum absolute atomic E-state index is 12.1. The molecule has 1 saturated heterocycles. The maximum Gasteiger partial charge on any atom is 0.251 e. The predicted molar refractivity (Wildman–Crippen MR) is 102 cm³/mol. The van der Waals surface area contributed by atoms with Gasteiger partial charge in [-0.3, -0.25) is 4.79 Å². The van der Waals surface area contributed by atoms with E-state index in [1.165, 1.54) is 32.4 Å². The smallest absolute Gasteiger partial charge is 0.251 e. The van der Waals surface area contributed by atoms with Crippen molar-refractivity contribution in [3.63, 3.8) is 0 Å². The minimum atomic E-state index is -0.0256. The molecule has 0 spiro atoms. The molecular weight excluding hydrogens is 314 g/mol. The first-order valence-electron chi connectivity index (χ1n) is 9.41. The van der Waals surface area contributed by atoms with Crippen LogP contribution in [0.4, 0.5) is 0 Å². The van der Waals surface area contributed by atoms with Crippen molar-refractivity contribution in [2.45, 2.75) is 38.1 Å². The van der Waals surface area contributed by atoms with Crippen molar-refractivity contribution < 1.29 is 9.53 Å². The molecule has 0 bridgehead atoms. The lowest BCUT2D eigenvalue weighted by atomic mass is 10.0. The van der Waals surface area contributed by atoms with Crippen LogP contribution < -0.4 is 10.1 Å². The molecule has 5 nitrogen and oxygen atoms in total. The van der Waals surface area contributed by atoms with Gasteiger partial charge in [-0.2, -0.15) is 0 Å². The molecule has 1 heterocycles. The Hall–Kier alpha value is -1.59. The third-order valence-electron chi connectivity index (χ3n) is 5.12. The first-order valence-corrected chi connectivity index (χ1v) is 9.41. The van der Waals surface area contributed by atoms with Crippen molar-refractivity contribution in [1.82, 2.24) is 15.1 Å². The number of nitrogens with one attached hydrogen (secondary N) is 1. The van der Waals surface area contributed by atoms with Gasteiger partial charge in [0.05, 0.1) is 7.11 Å². The standard InChI is InChI=1S/C20H33N3O2/c1-22-14-10-18(11-15-22)23(2)13-6-4-5-12-21-20(24)17-8-7-9-19(16-17)25-3/h7-9,16,18H,4-6,10-15H2,1-3H3,(H,21,24). The summed E-state index contributed by atoms with van der Waals surface area (Å²) in [4.78, 5) is 17.0. The van der Waals surface area contributed by atoms with Crippen LogP contribution in [0.2, 0.25) is 0 Å². The molecule has 0 unspecified atom stereocenters. The number of rotatable bonds is 9. The summed E-state index contributed by atoms with van der Waals surface area (Å²) < 4.78 is 5.15. The highest BCUT2D eigenvalue weighted by atomic mass is 16.5. The summed E-state index contributed by atoms with van der Waals surface area (Å²) in [6, 6.07) is 8.01. The van der Waals surface area contributed by atoms with Gasteiger partial charge in [-0.15, -0.1) is 0 Å². The van der Waals surface area contributed by atoms with E-state index in [2.05, 4.69) is 29.2 Å². The number of carbonyl (C=O) groups excluding carboxylic acids is 1. The Morgan fingerprint density at radius 2 is 2.04 bits per heavy atom. The molecule has 1 aliphatic rings. The van der Waals surface area contributed by atoms with E-state index in [-0.39, 0.29) is 5.91 Å². The van der Waals surface area contributed by atoms with Gasteiger partial charge in [0.1, 0.15) is 5.75 Å². The van der Waals surface area contributed by atoms with E-state index >= 15 is 0 Å². The van der Waals surface area contributed by atoms with Crippen LogP contribution in [0.1, 0.15) is 42.5 Å². The summed E-state index contributed by atoms with van der Waals surface area (Å²) in [7, 11) is 6.07. The summed E-state index contributed by atoms with van der Waals surface area (Å²) in [6.45, 7) is 4.31. The number of hydrogen-bond acceptors (Lipinski definition) is 4. The van der Waals surface area contributed by atoms with Crippen LogP contribution in [-0.2, 0) is 0 Å². The fraction of sp³-hybridized carbons (Fsp3) is 0.650. The second kappa shape index (κ2) is 10.4. The lowest BCUT2D eigenvalue weighted by molar-refractivity contribution is 0.0952. The van der Waals surface area contributed by atoms with E-state index in [1.807, 2.05) is 18.2 Å². The predicted octanol–water partition coefficient (Wildman–Crippen LogP) is 2.62. The molecule has 1 N–H and O–H groups in total. The van der Waals surface area contributed by atoms with E-state index in [1.54, 1.807) is 13.2 Å². The zero-order valence-electron chi connectivity index (χ0n) is 16.0. The van der Waals surface area contributed by atoms with Crippen LogP contribution in [0.5, 0.6) is 5.75 Å². The minimum Gasteiger partial charge on any atom is -0.497 e. The quantitative estimate of drug-likeness (QED) is 0.698. The van der Waals surface area contributed by atoms with E-state index in [0.717, 1.165) is 32.0 Å². The van der Waals surface area contributed by atoms with Gasteiger partial charge in [-0.1, -0.05) is 12.5 Å². The van der Waals surface area contributed by atoms with Crippen molar-refractivity contribution in [3.8, 4) is 5.75 Å². The average Bonchev–Trinajstić information content (AvgIpc) is 2.64. The fourth-order valence-corrected chi connectivity index (χ4v) is 3.35. The number of nitrogens with zero attached hydrogens (tertiary/aromatic N) is 2. The molecule has 0 saturated carbocycles. The Kier molecular flexibility index (Phi) is 8.22. The first-order chi connectivity index (χ1) is 12.1. The molecule has 1 amide bonds. The number of hydrogen-bond donors (Lipinski definition) is 1. The van der Waals surface area contributed by atoms with Crippen LogP contribution in [0.15, 0.2) is 24.3 Å². The van der Waals surface area contributed by atoms with Gasteiger partial charge in [0.15, 0.2) is 0 Å². The zero-order valence-corrected chi connectivity index (χ0v) is 16.0. The molecule has 140 valence electrons. The Morgan fingerprint density at radius 3 is 2.76 bits per heavy atom. The molecule has 1 aromatic rings. The topological polar surface area (TPSA) is 44.8 Å². The normalized spacial score (nSPS) is 16.2. The van der Waals surface area contributed by atoms with Crippen molar-refractivity contribution in [3.05, 3.63) is 29.8 Å². The second-order valence-electron chi connectivity index (χ2n) is 7.06. The summed E-state index contributed by atoms with van der Waals surface area (Å²) in [6.07, 6.45) is 5.93. The van der Waals surface area contributed by atoms with Crippen LogP contribution in [0.3, 0.4) is 0 Å². The van der Waals surface area contributed by atoms with Gasteiger partial charge < -0.3 is 19.9 Å². The Morgan fingerprint density at radius 1 is 1.28 bits per heavy atom. The van der Waals surface area contributed by atoms with E-state index in [9.17, 15) is 4.79 Å². The average molecular weight is 348 g/mol. The van der Waals surface area contributed by atoms with Gasteiger partial charge in [0.25, 0.3) is 5.91 Å². The minimum absolute atomic E-state index is 0.0256. The first kappa shape index (κ1) is 19.7. The number of piperidine rings is 1. The van der Waals surface area contributed by atoms with Gasteiger partial charge in [0.2, 0.25) is 0 Å². The molecular formula is C20H33N3O2. The van der Waals surface area contributed by atoms with E-state index in [0.29, 0.717) is 11.3 Å². The van der Waals surface area contributed by atoms with Gasteiger partial charge in [-0.05, 0) is 77.6 Å². The summed E-state index contributed by atoms with van der Waals surface area (Å²) >= 11 is 0. The highest BCUT2D eigenvalue weighted by Crippen LogP contribution is 2.15. The van der Waals surface area contributed by atoms with Gasteiger partial charge >= 0.3 is 0 Å². The Balaban J connectivity index is 1.56. The number of methoxy groups -OCH3 is 1. The molecule has 0 aliphatic carbocycles. The van der Waals surface area contributed by atoms with Crippen LogP contribution in [-0.4, -0.2) is 69.1 Å². The number of benzene rings is 1. The van der Waals surface area contributed by atoms with Crippen molar-refractivity contribution in [2.75, 3.05) is 47.4 Å².